The molecule has 2 saturated heterocycles. The van der Waals surface area contributed by atoms with Crippen LogP contribution in [-0.2, 0) is 22.2 Å². The Morgan fingerprint density at radius 1 is 0.729 bits per heavy atom. The summed E-state index contributed by atoms with van der Waals surface area (Å²) in [6, 6.07) is 17.1. The van der Waals surface area contributed by atoms with Crippen molar-refractivity contribution in [3.8, 4) is 22.3 Å². The van der Waals surface area contributed by atoms with Gasteiger partial charge in [0.1, 0.15) is 5.82 Å². The molecule has 2 N–H and O–H groups in total. The van der Waals surface area contributed by atoms with Gasteiger partial charge in [0.05, 0.1) is 28.3 Å². The van der Waals surface area contributed by atoms with Crippen molar-refractivity contribution in [1.29, 1.82) is 0 Å². The van der Waals surface area contributed by atoms with Crippen LogP contribution in [0.5, 0.6) is 0 Å². The lowest BCUT2D eigenvalue weighted by Gasteiger charge is -2.41. The van der Waals surface area contributed by atoms with Crippen LogP contribution in [0.2, 0.25) is 0 Å². The molecule has 1 spiro atoms. The van der Waals surface area contributed by atoms with Gasteiger partial charge in [-0.3, -0.25) is 0 Å². The fourth-order valence-electron chi connectivity index (χ4n) is 10.8. The molecule has 7 aliphatic rings. The molecule has 1 unspecified atom stereocenters. The summed E-state index contributed by atoms with van der Waals surface area (Å²) < 4.78 is 13.4. The van der Waals surface area contributed by atoms with E-state index in [2.05, 4.69) is 80.5 Å². The maximum Gasteiger partial charge on any atom is 0.495 e. The molecule has 11 rings (SSSR count). The van der Waals surface area contributed by atoms with E-state index in [0.29, 0.717) is 23.3 Å². The molecular weight excluding hydrogens is 589 g/mol. The van der Waals surface area contributed by atoms with Crippen LogP contribution in [0.15, 0.2) is 42.5 Å². The highest BCUT2D eigenvalue weighted by Crippen LogP contribution is 2.57. The Hall–Kier alpha value is -2.93. The number of nitrogens with one attached hydrogen (secondary N) is 2. The van der Waals surface area contributed by atoms with Crippen LogP contribution in [0.4, 0.5) is 0 Å². The number of rotatable bonds is 4. The lowest BCUT2D eigenvalue weighted by molar-refractivity contribution is 0.00578. The molecule has 3 aromatic carbocycles. The summed E-state index contributed by atoms with van der Waals surface area (Å²) in [6.45, 7) is 9.80. The van der Waals surface area contributed by atoms with Crippen molar-refractivity contribution in [2.75, 3.05) is 6.54 Å². The van der Waals surface area contributed by atoms with E-state index in [1.807, 2.05) is 0 Å². The number of nitrogens with zero attached hydrogens (tertiary/aromatic N) is 1. The summed E-state index contributed by atoms with van der Waals surface area (Å²) in [5.74, 6) is 2.39. The van der Waals surface area contributed by atoms with E-state index in [0.717, 1.165) is 29.8 Å². The van der Waals surface area contributed by atoms with E-state index in [-0.39, 0.29) is 18.3 Å². The maximum absolute atomic E-state index is 6.70. The smallest absolute Gasteiger partial charge is 0.399 e. The van der Waals surface area contributed by atoms with Crippen molar-refractivity contribution in [2.45, 2.75) is 134 Å². The van der Waals surface area contributed by atoms with Gasteiger partial charge in [-0.05, 0) is 178 Å². The summed E-state index contributed by atoms with van der Waals surface area (Å²) in [5.41, 5.74) is 15.4. The summed E-state index contributed by atoms with van der Waals surface area (Å²) in [7, 11) is -0.302. The quantitative estimate of drug-likeness (QED) is 0.219. The van der Waals surface area contributed by atoms with Crippen molar-refractivity contribution >= 4 is 23.6 Å². The summed E-state index contributed by atoms with van der Waals surface area (Å²) in [5, 5.41) is 3.61. The maximum atomic E-state index is 6.70. The molecule has 6 heteroatoms. The fraction of sp³-hybridized carbons (Fsp3) is 0.548. The predicted octanol–water partition coefficient (Wildman–Crippen LogP) is 9.03. The molecule has 48 heavy (non-hydrogen) atoms. The average molecular weight is 640 g/mol. The van der Waals surface area contributed by atoms with Gasteiger partial charge in [-0.15, -0.1) is 0 Å². The Bertz CT molecular complexity index is 1920. The number of hydrogen-bond acceptors (Lipinski definition) is 4. The summed E-state index contributed by atoms with van der Waals surface area (Å²) in [6.07, 6.45) is 15.5. The largest absolute Gasteiger partial charge is 0.495 e. The first kappa shape index (κ1) is 29.9. The van der Waals surface area contributed by atoms with Crippen LogP contribution >= 0.6 is 0 Å². The second-order valence-electron chi connectivity index (χ2n) is 17.3. The van der Waals surface area contributed by atoms with Crippen molar-refractivity contribution < 1.29 is 9.31 Å². The van der Waals surface area contributed by atoms with E-state index < -0.39 is 0 Å². The van der Waals surface area contributed by atoms with Crippen molar-refractivity contribution in [3.63, 3.8) is 0 Å². The van der Waals surface area contributed by atoms with Gasteiger partial charge in [-0.1, -0.05) is 43.2 Å². The Morgan fingerprint density at radius 3 is 2.10 bits per heavy atom. The SMILES string of the molecule is CC1(C)OB(c2ccc(-c3ccc(-c4ccc5nc(C6CCCN6)[nH]c5c4)c4c3C3CCC4CC3)c3c2CC2(CCCC2)C3)OC1(C)C. The molecule has 5 nitrogen and oxygen atoms in total. The minimum atomic E-state index is -0.338. The van der Waals surface area contributed by atoms with E-state index in [1.165, 1.54) is 104 Å². The van der Waals surface area contributed by atoms with Gasteiger partial charge in [0, 0.05) is 0 Å². The summed E-state index contributed by atoms with van der Waals surface area (Å²) in [4.78, 5) is 8.68. The Kier molecular flexibility index (Phi) is 6.58. The zero-order valence-electron chi connectivity index (χ0n) is 29.3. The van der Waals surface area contributed by atoms with Crippen LogP contribution in [0.3, 0.4) is 0 Å². The highest BCUT2D eigenvalue weighted by atomic mass is 16.7. The number of fused-ring (bicyclic) bond motifs is 4. The molecule has 5 aliphatic carbocycles. The molecule has 0 radical (unpaired) electrons. The molecule has 2 aliphatic heterocycles. The van der Waals surface area contributed by atoms with E-state index in [1.54, 1.807) is 16.7 Å². The van der Waals surface area contributed by atoms with Gasteiger partial charge in [0.2, 0.25) is 0 Å². The number of H-pyrrole nitrogens is 1. The molecule has 2 saturated carbocycles. The Morgan fingerprint density at radius 2 is 1.40 bits per heavy atom. The Balaban J connectivity index is 1.10. The number of aromatic nitrogens is 2. The average Bonchev–Trinajstić information content (AvgIpc) is 3.92. The Labute approximate surface area is 286 Å². The standard InChI is InChI=1S/C42H50BN3O2/c1-40(2)41(3,4)48-43(47-40)33-17-16-29(31-23-42(24-32(31)33)19-5-6-20-42)30-15-14-28(37-25-9-11-26(12-10-25)38(30)37)27-13-18-34-36(22-27)46-39(45-34)35-8-7-21-44-35/h13-18,22,25-26,35,44H,5-12,19-21,23-24H2,1-4H3,(H,45,46). The third-order valence-electron chi connectivity index (χ3n) is 14.1. The molecular formula is C42H50BN3O2. The van der Waals surface area contributed by atoms with Gasteiger partial charge in [0.25, 0.3) is 0 Å². The highest BCUT2D eigenvalue weighted by molar-refractivity contribution is 6.62. The second-order valence-corrected chi connectivity index (χ2v) is 17.3. The minimum Gasteiger partial charge on any atom is -0.399 e. The number of aromatic amines is 1. The van der Waals surface area contributed by atoms with Crippen LogP contribution in [0.25, 0.3) is 33.3 Å². The van der Waals surface area contributed by atoms with Crippen molar-refractivity contribution in [3.05, 3.63) is 70.5 Å². The number of hydrogen-bond donors (Lipinski definition) is 2. The first-order valence-electron chi connectivity index (χ1n) is 19.1. The molecule has 0 amide bonds. The monoisotopic (exact) mass is 639 g/mol. The molecule has 4 aromatic rings. The molecule has 1 aromatic heterocycles. The molecule has 1 atom stereocenters. The first-order chi connectivity index (χ1) is 23.2. The zero-order valence-corrected chi connectivity index (χ0v) is 29.3. The van der Waals surface area contributed by atoms with Gasteiger partial charge >= 0.3 is 7.12 Å². The molecule has 2 bridgehead atoms. The van der Waals surface area contributed by atoms with E-state index in [4.69, 9.17) is 14.3 Å². The normalized spacial score (nSPS) is 27.8. The van der Waals surface area contributed by atoms with Crippen LogP contribution in [-0.4, -0.2) is 34.8 Å². The minimum absolute atomic E-state index is 0.302. The van der Waals surface area contributed by atoms with E-state index in [9.17, 15) is 0 Å². The highest BCUT2D eigenvalue weighted by Gasteiger charge is 2.53. The first-order valence-corrected chi connectivity index (χ1v) is 19.1. The van der Waals surface area contributed by atoms with Gasteiger partial charge in [-0.25, -0.2) is 4.98 Å². The van der Waals surface area contributed by atoms with Gasteiger partial charge in [-0.2, -0.15) is 0 Å². The van der Waals surface area contributed by atoms with Gasteiger partial charge in [0.15, 0.2) is 0 Å². The third kappa shape index (κ3) is 4.44. The van der Waals surface area contributed by atoms with Crippen LogP contribution in [0, 0.1) is 5.41 Å². The second kappa shape index (κ2) is 10.5. The number of benzene rings is 3. The third-order valence-corrected chi connectivity index (χ3v) is 14.1. The predicted molar refractivity (Wildman–Crippen MR) is 195 cm³/mol. The van der Waals surface area contributed by atoms with Crippen LogP contribution < -0.4 is 10.8 Å². The molecule has 248 valence electrons. The van der Waals surface area contributed by atoms with Crippen LogP contribution in [0.1, 0.15) is 138 Å². The zero-order chi connectivity index (χ0) is 32.4. The lowest BCUT2D eigenvalue weighted by atomic mass is 9.63. The molecule has 3 heterocycles. The van der Waals surface area contributed by atoms with Crippen molar-refractivity contribution in [1.82, 2.24) is 15.3 Å². The van der Waals surface area contributed by atoms with Crippen molar-refractivity contribution in [2.24, 2.45) is 5.41 Å². The molecule has 4 fully saturated rings. The topological polar surface area (TPSA) is 59.2 Å². The van der Waals surface area contributed by atoms with Gasteiger partial charge < -0.3 is 19.6 Å². The fourth-order valence-corrected chi connectivity index (χ4v) is 10.8. The summed E-state index contributed by atoms with van der Waals surface area (Å²) >= 11 is 0. The number of imidazole rings is 1. The lowest BCUT2D eigenvalue weighted by Crippen LogP contribution is -2.41. The van der Waals surface area contributed by atoms with E-state index >= 15 is 0 Å².